The molecule has 0 spiro atoms. The fraction of sp³-hybridized carbons (Fsp3) is 0. The van der Waals surface area contributed by atoms with E-state index in [0.29, 0.717) is 0 Å². The lowest BCUT2D eigenvalue weighted by Gasteiger charge is -2.01. The van der Waals surface area contributed by atoms with Gasteiger partial charge in [0.25, 0.3) is 0 Å². The summed E-state index contributed by atoms with van der Waals surface area (Å²) in [5, 5.41) is 3.12. The van der Waals surface area contributed by atoms with Crippen LogP contribution >= 0.6 is 11.6 Å². The van der Waals surface area contributed by atoms with Gasteiger partial charge in [-0.05, 0) is 28.5 Å². The van der Waals surface area contributed by atoms with E-state index in [4.69, 9.17) is 11.6 Å². The Kier molecular flexibility index (Phi) is 2.07. The van der Waals surface area contributed by atoms with Crippen LogP contribution < -0.4 is 0 Å². The highest BCUT2D eigenvalue weighted by atomic mass is 35.5. The zero-order chi connectivity index (χ0) is 9.26. The molecule has 0 aliphatic rings. The van der Waals surface area contributed by atoms with Gasteiger partial charge in [-0.1, -0.05) is 48.5 Å². The highest BCUT2D eigenvalue weighted by Crippen LogP contribution is 2.23. The molecule has 1 heteroatoms. The second kappa shape index (κ2) is 3.23. The molecule has 2 rings (SSSR count). The van der Waals surface area contributed by atoms with Crippen molar-refractivity contribution in [3.63, 3.8) is 0 Å². The molecule has 64 valence electrons. The van der Waals surface area contributed by atoms with E-state index in [1.54, 1.807) is 0 Å². The molecule has 0 bridgehead atoms. The lowest BCUT2D eigenvalue weighted by molar-refractivity contribution is 1.71. The van der Waals surface area contributed by atoms with Gasteiger partial charge in [0.1, 0.15) is 0 Å². The van der Waals surface area contributed by atoms with Gasteiger partial charge in [0.15, 0.2) is 0 Å². The molecule has 0 unspecified atom stereocenters. The average Bonchev–Trinajstić information content (AvgIpc) is 2.17. The van der Waals surface area contributed by atoms with Crippen LogP contribution in [0, 0.1) is 0 Å². The van der Waals surface area contributed by atoms with Crippen molar-refractivity contribution in [2.75, 3.05) is 0 Å². The van der Waals surface area contributed by atoms with E-state index in [1.807, 2.05) is 36.4 Å². The molecular formula is C12H9Cl. The maximum atomic E-state index is 5.91. The molecule has 0 aromatic heterocycles. The van der Waals surface area contributed by atoms with E-state index in [1.165, 1.54) is 5.39 Å². The molecule has 0 nitrogen and oxygen atoms in total. The Bertz CT molecular complexity index is 458. The molecule has 0 fully saturated rings. The molecule has 0 saturated carbocycles. The Hall–Kier alpha value is -1.27. The first-order valence-corrected chi connectivity index (χ1v) is 4.50. The fourth-order valence-electron chi connectivity index (χ4n) is 1.45. The molecule has 0 radical (unpaired) electrons. The van der Waals surface area contributed by atoms with Crippen molar-refractivity contribution in [2.45, 2.75) is 0 Å². The van der Waals surface area contributed by atoms with Crippen molar-refractivity contribution >= 4 is 28.4 Å². The van der Waals surface area contributed by atoms with Crippen LogP contribution in [-0.2, 0) is 0 Å². The molecular weight excluding hydrogens is 180 g/mol. The number of hydrogen-bond donors (Lipinski definition) is 0. The molecule has 0 saturated heterocycles. The van der Waals surface area contributed by atoms with Crippen LogP contribution in [0.25, 0.3) is 16.8 Å². The third-order valence-corrected chi connectivity index (χ3v) is 2.33. The molecule has 0 heterocycles. The lowest BCUT2D eigenvalue weighted by atomic mass is 10.1. The third-order valence-electron chi connectivity index (χ3n) is 2.10. The Morgan fingerprint density at radius 3 is 2.77 bits per heavy atom. The SMILES string of the molecule is C=Cc1cccc2ccc(Cl)cc12. The van der Waals surface area contributed by atoms with E-state index in [2.05, 4.69) is 12.6 Å². The summed E-state index contributed by atoms with van der Waals surface area (Å²) in [7, 11) is 0. The van der Waals surface area contributed by atoms with E-state index in [9.17, 15) is 0 Å². The summed E-state index contributed by atoms with van der Waals surface area (Å²) < 4.78 is 0. The zero-order valence-electron chi connectivity index (χ0n) is 7.13. The van der Waals surface area contributed by atoms with E-state index in [0.717, 1.165) is 16.0 Å². The van der Waals surface area contributed by atoms with Gasteiger partial charge < -0.3 is 0 Å². The van der Waals surface area contributed by atoms with Crippen LogP contribution in [0.3, 0.4) is 0 Å². The largest absolute Gasteiger partial charge is 0.0984 e. The summed E-state index contributed by atoms with van der Waals surface area (Å²) in [5.41, 5.74) is 1.13. The van der Waals surface area contributed by atoms with Crippen LogP contribution in [0.15, 0.2) is 43.0 Å². The summed E-state index contributed by atoms with van der Waals surface area (Å²) in [6.45, 7) is 3.77. The number of fused-ring (bicyclic) bond motifs is 1. The van der Waals surface area contributed by atoms with Crippen molar-refractivity contribution in [2.24, 2.45) is 0 Å². The molecule has 0 aliphatic heterocycles. The quantitative estimate of drug-likeness (QED) is 0.631. The lowest BCUT2D eigenvalue weighted by Crippen LogP contribution is -1.77. The summed E-state index contributed by atoms with van der Waals surface area (Å²) in [6, 6.07) is 12.0. The first-order valence-electron chi connectivity index (χ1n) is 4.12. The van der Waals surface area contributed by atoms with Gasteiger partial charge in [-0.15, -0.1) is 0 Å². The monoisotopic (exact) mass is 188 g/mol. The van der Waals surface area contributed by atoms with Crippen LogP contribution in [0.2, 0.25) is 5.02 Å². The highest BCUT2D eigenvalue weighted by molar-refractivity contribution is 6.31. The second-order valence-electron chi connectivity index (χ2n) is 2.92. The normalized spacial score (nSPS) is 10.2. The smallest absolute Gasteiger partial charge is 0.0412 e. The minimum atomic E-state index is 0.766. The van der Waals surface area contributed by atoms with E-state index in [-0.39, 0.29) is 0 Å². The first kappa shape index (κ1) is 8.33. The number of halogens is 1. The Morgan fingerprint density at radius 2 is 2.00 bits per heavy atom. The van der Waals surface area contributed by atoms with Gasteiger partial charge in [0.2, 0.25) is 0 Å². The molecule has 0 atom stereocenters. The Labute approximate surface area is 82.5 Å². The van der Waals surface area contributed by atoms with Crippen LogP contribution in [0.5, 0.6) is 0 Å². The highest BCUT2D eigenvalue weighted by Gasteiger charge is 1.97. The van der Waals surface area contributed by atoms with Gasteiger partial charge in [-0.2, -0.15) is 0 Å². The fourth-order valence-corrected chi connectivity index (χ4v) is 1.62. The van der Waals surface area contributed by atoms with Gasteiger partial charge >= 0.3 is 0 Å². The third kappa shape index (κ3) is 1.45. The van der Waals surface area contributed by atoms with Crippen molar-refractivity contribution < 1.29 is 0 Å². The average molecular weight is 189 g/mol. The summed E-state index contributed by atoms with van der Waals surface area (Å²) >= 11 is 5.91. The standard InChI is InChI=1S/C12H9Cl/c1-2-9-4-3-5-10-6-7-11(13)8-12(9)10/h2-8H,1H2. The van der Waals surface area contributed by atoms with Gasteiger partial charge in [0.05, 0.1) is 0 Å². The minimum Gasteiger partial charge on any atom is -0.0984 e. The van der Waals surface area contributed by atoms with Gasteiger partial charge in [0, 0.05) is 5.02 Å². The first-order chi connectivity index (χ1) is 6.31. The van der Waals surface area contributed by atoms with Crippen LogP contribution in [0.1, 0.15) is 5.56 Å². The maximum absolute atomic E-state index is 5.91. The van der Waals surface area contributed by atoms with Crippen molar-refractivity contribution in [3.05, 3.63) is 53.6 Å². The van der Waals surface area contributed by atoms with Crippen LogP contribution in [-0.4, -0.2) is 0 Å². The number of benzene rings is 2. The van der Waals surface area contributed by atoms with Gasteiger partial charge in [-0.3, -0.25) is 0 Å². The van der Waals surface area contributed by atoms with Crippen molar-refractivity contribution in [1.82, 2.24) is 0 Å². The van der Waals surface area contributed by atoms with E-state index < -0.39 is 0 Å². The molecule has 2 aromatic carbocycles. The second-order valence-corrected chi connectivity index (χ2v) is 3.35. The van der Waals surface area contributed by atoms with Crippen LogP contribution in [0.4, 0.5) is 0 Å². The minimum absolute atomic E-state index is 0.766. The predicted octanol–water partition coefficient (Wildman–Crippen LogP) is 4.14. The van der Waals surface area contributed by atoms with Crippen molar-refractivity contribution in [1.29, 1.82) is 0 Å². The number of hydrogen-bond acceptors (Lipinski definition) is 0. The van der Waals surface area contributed by atoms with E-state index >= 15 is 0 Å². The summed E-state index contributed by atoms with van der Waals surface area (Å²) in [5.74, 6) is 0. The molecule has 0 amide bonds. The molecule has 13 heavy (non-hydrogen) atoms. The Morgan fingerprint density at radius 1 is 1.15 bits per heavy atom. The Balaban J connectivity index is 2.86. The topological polar surface area (TPSA) is 0 Å². The number of rotatable bonds is 1. The molecule has 0 N–H and O–H groups in total. The van der Waals surface area contributed by atoms with Gasteiger partial charge in [-0.25, -0.2) is 0 Å². The maximum Gasteiger partial charge on any atom is 0.0412 e. The van der Waals surface area contributed by atoms with Crippen molar-refractivity contribution in [3.8, 4) is 0 Å². The molecule has 2 aromatic rings. The summed E-state index contributed by atoms with van der Waals surface area (Å²) in [6.07, 6.45) is 1.85. The summed E-state index contributed by atoms with van der Waals surface area (Å²) in [4.78, 5) is 0. The zero-order valence-corrected chi connectivity index (χ0v) is 7.88. The predicted molar refractivity (Wildman–Crippen MR) is 59.0 cm³/mol. The molecule has 0 aliphatic carbocycles.